The monoisotopic (exact) mass is 782 g/mol. The third-order valence-corrected chi connectivity index (χ3v) is 6.68. The van der Waals surface area contributed by atoms with Gasteiger partial charge in [-0.2, -0.15) is 5.10 Å². The van der Waals surface area contributed by atoms with Crippen molar-refractivity contribution in [3.8, 4) is 11.5 Å². The van der Waals surface area contributed by atoms with Crippen LogP contribution < -0.4 is 14.9 Å². The number of hydrazone groups is 1. The molecule has 0 radical (unpaired) electrons. The van der Waals surface area contributed by atoms with Gasteiger partial charge in [0, 0.05) is 14.5 Å². The van der Waals surface area contributed by atoms with E-state index in [0.29, 0.717) is 29.2 Å². The Morgan fingerprint density at radius 2 is 1.53 bits per heavy atom. The first-order valence-corrected chi connectivity index (χ1v) is 13.2. The van der Waals surface area contributed by atoms with Crippen molar-refractivity contribution < 1.29 is 23.5 Å². The Labute approximate surface area is 235 Å². The molecule has 3 rings (SSSR count). The number of hydrogen-bond donors (Lipinski definition) is 1. The SMILES string of the molecule is O=C(COc1c(Br)cc(Br)cc1Br)NN=Cc1cc(Br)cc(Br)c1OC(=O)c1cccc(F)c1. The van der Waals surface area contributed by atoms with Crippen LogP contribution >= 0.6 is 79.6 Å². The molecule has 0 aliphatic rings. The number of amides is 1. The van der Waals surface area contributed by atoms with Crippen LogP contribution in [0.15, 0.2) is 76.0 Å². The highest BCUT2D eigenvalue weighted by Gasteiger charge is 2.16. The van der Waals surface area contributed by atoms with Gasteiger partial charge in [-0.1, -0.05) is 37.9 Å². The van der Waals surface area contributed by atoms with Crippen LogP contribution in [0.5, 0.6) is 11.5 Å². The molecule has 0 aliphatic heterocycles. The molecule has 0 bridgehead atoms. The first kappa shape index (κ1) is 27.0. The summed E-state index contributed by atoms with van der Waals surface area (Å²) in [6.45, 7) is -0.292. The van der Waals surface area contributed by atoms with Crippen LogP contribution in [-0.4, -0.2) is 24.7 Å². The fourth-order valence-electron chi connectivity index (χ4n) is 2.56. The Morgan fingerprint density at radius 1 is 0.912 bits per heavy atom. The van der Waals surface area contributed by atoms with Crippen molar-refractivity contribution in [1.29, 1.82) is 0 Å². The van der Waals surface area contributed by atoms with Crippen LogP contribution in [-0.2, 0) is 4.79 Å². The van der Waals surface area contributed by atoms with Crippen molar-refractivity contribution >= 4 is 97.7 Å². The second-order valence-electron chi connectivity index (χ2n) is 6.49. The topological polar surface area (TPSA) is 77.0 Å². The van der Waals surface area contributed by atoms with Crippen LogP contribution in [0.1, 0.15) is 15.9 Å². The van der Waals surface area contributed by atoms with E-state index in [1.165, 1.54) is 24.4 Å². The predicted octanol–water partition coefficient (Wildman–Crippen LogP) is 7.39. The maximum Gasteiger partial charge on any atom is 0.343 e. The number of nitrogens with one attached hydrogen (secondary N) is 1. The van der Waals surface area contributed by atoms with Crippen LogP contribution in [0.4, 0.5) is 4.39 Å². The van der Waals surface area contributed by atoms with Gasteiger partial charge in [0.15, 0.2) is 12.4 Å². The molecule has 6 nitrogen and oxygen atoms in total. The van der Waals surface area contributed by atoms with Gasteiger partial charge in [0.1, 0.15) is 11.6 Å². The molecule has 176 valence electrons. The second kappa shape index (κ2) is 12.4. The number of halogens is 6. The zero-order chi connectivity index (χ0) is 24.8. The minimum Gasteiger partial charge on any atom is -0.481 e. The summed E-state index contributed by atoms with van der Waals surface area (Å²) in [7, 11) is 0. The van der Waals surface area contributed by atoms with E-state index in [1.54, 1.807) is 24.3 Å². The Balaban J connectivity index is 1.69. The van der Waals surface area contributed by atoms with E-state index in [1.807, 2.05) is 0 Å². The lowest BCUT2D eigenvalue weighted by atomic mass is 10.2. The fraction of sp³-hybridized carbons (Fsp3) is 0.0455. The van der Waals surface area contributed by atoms with E-state index in [4.69, 9.17) is 9.47 Å². The molecule has 0 heterocycles. The van der Waals surface area contributed by atoms with E-state index < -0.39 is 17.7 Å². The zero-order valence-corrected chi connectivity index (χ0v) is 24.7. The van der Waals surface area contributed by atoms with Crippen molar-refractivity contribution in [2.75, 3.05) is 6.61 Å². The Morgan fingerprint density at radius 3 is 2.18 bits per heavy atom. The number of carbonyl (C=O) groups is 2. The normalized spacial score (nSPS) is 10.9. The van der Waals surface area contributed by atoms with Gasteiger partial charge in [-0.15, -0.1) is 0 Å². The number of ether oxygens (including phenoxy) is 2. The Hall–Kier alpha value is -1.60. The summed E-state index contributed by atoms with van der Waals surface area (Å²) < 4.78 is 27.7. The molecule has 12 heteroatoms. The molecule has 1 amide bonds. The highest BCUT2D eigenvalue weighted by atomic mass is 79.9. The zero-order valence-electron chi connectivity index (χ0n) is 16.8. The first-order chi connectivity index (χ1) is 16.1. The first-order valence-electron chi connectivity index (χ1n) is 9.20. The maximum absolute atomic E-state index is 13.5. The summed E-state index contributed by atoms with van der Waals surface area (Å²) in [6, 6.07) is 12.0. The Bertz CT molecular complexity index is 1260. The lowest BCUT2D eigenvalue weighted by molar-refractivity contribution is -0.123. The smallest absolute Gasteiger partial charge is 0.343 e. The number of benzene rings is 3. The van der Waals surface area contributed by atoms with Gasteiger partial charge in [0.05, 0.1) is 25.2 Å². The largest absolute Gasteiger partial charge is 0.481 e. The van der Waals surface area contributed by atoms with Crippen LogP contribution in [0.2, 0.25) is 0 Å². The standard InChI is InChI=1S/C22H12Br5FN2O4/c23-13-4-12(20(16(25)6-13)34-22(32)11-2-1-3-15(28)5-11)9-29-30-19(31)10-33-21-17(26)7-14(24)8-18(21)27/h1-9H,10H2,(H,30,31). The maximum atomic E-state index is 13.5. The van der Waals surface area contributed by atoms with Crippen molar-refractivity contribution in [2.24, 2.45) is 5.10 Å². The molecule has 0 unspecified atom stereocenters. The van der Waals surface area contributed by atoms with Crippen molar-refractivity contribution in [3.05, 3.63) is 87.8 Å². The van der Waals surface area contributed by atoms with E-state index in [-0.39, 0.29) is 17.9 Å². The summed E-state index contributed by atoms with van der Waals surface area (Å²) >= 11 is 16.8. The summed E-state index contributed by atoms with van der Waals surface area (Å²) in [5.74, 6) is -1.21. The van der Waals surface area contributed by atoms with Gasteiger partial charge >= 0.3 is 5.97 Å². The minimum absolute atomic E-state index is 0.0495. The van der Waals surface area contributed by atoms with Gasteiger partial charge in [0.25, 0.3) is 5.91 Å². The second-order valence-corrected chi connectivity index (χ2v) is 10.9. The van der Waals surface area contributed by atoms with Crippen LogP contribution in [0.3, 0.4) is 0 Å². The highest BCUT2D eigenvalue weighted by molar-refractivity contribution is 9.12. The van der Waals surface area contributed by atoms with Gasteiger partial charge < -0.3 is 9.47 Å². The number of hydrogen-bond acceptors (Lipinski definition) is 5. The lowest BCUT2D eigenvalue weighted by Crippen LogP contribution is -2.24. The van der Waals surface area contributed by atoms with Gasteiger partial charge in [0.2, 0.25) is 0 Å². The molecule has 0 aromatic heterocycles. The average molecular weight is 787 g/mol. The third-order valence-electron chi connectivity index (χ3n) is 4.00. The predicted molar refractivity (Wildman–Crippen MR) is 144 cm³/mol. The molecular weight excluding hydrogens is 775 g/mol. The Kier molecular flexibility index (Phi) is 9.84. The molecule has 1 N–H and O–H groups in total. The van der Waals surface area contributed by atoms with Gasteiger partial charge in [-0.25, -0.2) is 14.6 Å². The lowest BCUT2D eigenvalue weighted by Gasteiger charge is -2.11. The van der Waals surface area contributed by atoms with Crippen LogP contribution in [0, 0.1) is 5.82 Å². The van der Waals surface area contributed by atoms with E-state index in [9.17, 15) is 14.0 Å². The fourth-order valence-corrected chi connectivity index (χ4v) is 6.39. The molecule has 0 aliphatic carbocycles. The number of carbonyl (C=O) groups excluding carboxylic acids is 2. The molecule has 0 fully saturated rings. The van der Waals surface area contributed by atoms with Crippen molar-refractivity contribution in [2.45, 2.75) is 0 Å². The molecule has 34 heavy (non-hydrogen) atoms. The third kappa shape index (κ3) is 7.45. The molecule has 0 atom stereocenters. The van der Waals surface area contributed by atoms with E-state index >= 15 is 0 Å². The van der Waals surface area contributed by atoms with E-state index in [2.05, 4.69) is 90.2 Å². The number of nitrogens with zero attached hydrogens (tertiary/aromatic N) is 1. The molecule has 3 aromatic carbocycles. The summed E-state index contributed by atoms with van der Waals surface area (Å²) in [6.07, 6.45) is 1.31. The van der Waals surface area contributed by atoms with Crippen molar-refractivity contribution in [3.63, 3.8) is 0 Å². The average Bonchev–Trinajstić information content (AvgIpc) is 2.75. The summed E-state index contributed by atoms with van der Waals surface area (Å²) in [4.78, 5) is 24.7. The molecule has 0 saturated heterocycles. The van der Waals surface area contributed by atoms with Gasteiger partial charge in [-0.3, -0.25) is 4.79 Å². The number of rotatable bonds is 7. The molecular formula is C22H12Br5FN2O4. The van der Waals surface area contributed by atoms with E-state index in [0.717, 1.165) is 10.5 Å². The van der Waals surface area contributed by atoms with Crippen LogP contribution in [0.25, 0.3) is 0 Å². The highest BCUT2D eigenvalue weighted by Crippen LogP contribution is 2.36. The minimum atomic E-state index is -0.750. The molecule has 0 saturated carbocycles. The number of esters is 1. The molecule has 3 aromatic rings. The molecule has 0 spiro atoms. The van der Waals surface area contributed by atoms with Crippen molar-refractivity contribution in [1.82, 2.24) is 5.43 Å². The summed E-state index contributed by atoms with van der Waals surface area (Å²) in [5.41, 5.74) is 2.78. The summed E-state index contributed by atoms with van der Waals surface area (Å²) in [5, 5.41) is 3.92. The van der Waals surface area contributed by atoms with Gasteiger partial charge in [-0.05, 0) is 90.3 Å². The quantitative estimate of drug-likeness (QED) is 0.117.